The Hall–Kier alpha value is -1.10. The van der Waals surface area contributed by atoms with Crippen molar-refractivity contribution in [3.05, 3.63) is 0 Å². The van der Waals surface area contributed by atoms with E-state index in [-0.39, 0.29) is 17.7 Å². The van der Waals surface area contributed by atoms with Crippen LogP contribution in [-0.2, 0) is 9.59 Å². The van der Waals surface area contributed by atoms with Gasteiger partial charge in [0, 0.05) is 19.0 Å². The number of carbonyl (C=O) groups is 2. The number of hydrogen-bond acceptors (Lipinski definition) is 3. The van der Waals surface area contributed by atoms with E-state index >= 15 is 0 Å². The Kier molecular flexibility index (Phi) is 1.54. The fourth-order valence-corrected chi connectivity index (χ4v) is 1.99. The summed E-state index contributed by atoms with van der Waals surface area (Å²) in [5, 5.41) is 5.67. The lowest BCUT2D eigenvalue weighted by atomic mass is 9.94. The third-order valence-electron chi connectivity index (χ3n) is 2.63. The number of nitrogens with one attached hydrogen (secondary N) is 2. The van der Waals surface area contributed by atoms with Gasteiger partial charge in [0.1, 0.15) is 6.04 Å². The SMILES string of the molecule is NC(=O)C1NC(=O)C2CNCC21. The second-order valence-corrected chi connectivity index (χ2v) is 3.32. The summed E-state index contributed by atoms with van der Waals surface area (Å²) in [7, 11) is 0. The van der Waals surface area contributed by atoms with Crippen LogP contribution >= 0.6 is 0 Å². The molecule has 2 amide bonds. The number of rotatable bonds is 1. The minimum atomic E-state index is -0.461. The minimum absolute atomic E-state index is 0.0474. The molecule has 0 spiro atoms. The Labute approximate surface area is 69.7 Å². The zero-order chi connectivity index (χ0) is 8.72. The van der Waals surface area contributed by atoms with Gasteiger partial charge in [0.25, 0.3) is 0 Å². The van der Waals surface area contributed by atoms with Gasteiger partial charge in [-0.1, -0.05) is 0 Å². The Morgan fingerprint density at radius 1 is 1.50 bits per heavy atom. The maximum Gasteiger partial charge on any atom is 0.240 e. The van der Waals surface area contributed by atoms with Gasteiger partial charge in [-0.25, -0.2) is 0 Å². The van der Waals surface area contributed by atoms with Crippen molar-refractivity contribution >= 4 is 11.8 Å². The van der Waals surface area contributed by atoms with Gasteiger partial charge in [-0.05, 0) is 0 Å². The molecule has 2 aliphatic rings. The fraction of sp³-hybridized carbons (Fsp3) is 0.714. The summed E-state index contributed by atoms with van der Waals surface area (Å²) in [5.74, 6) is -0.467. The van der Waals surface area contributed by atoms with Crippen LogP contribution in [-0.4, -0.2) is 30.9 Å². The minimum Gasteiger partial charge on any atom is -0.368 e. The second-order valence-electron chi connectivity index (χ2n) is 3.32. The van der Waals surface area contributed by atoms with E-state index in [0.29, 0.717) is 13.1 Å². The van der Waals surface area contributed by atoms with E-state index in [0.717, 1.165) is 0 Å². The van der Waals surface area contributed by atoms with Crippen LogP contribution in [0.1, 0.15) is 0 Å². The topological polar surface area (TPSA) is 84.2 Å². The molecule has 5 nitrogen and oxygen atoms in total. The molecule has 2 saturated heterocycles. The highest BCUT2D eigenvalue weighted by Crippen LogP contribution is 2.26. The van der Waals surface area contributed by atoms with Crippen molar-refractivity contribution in [3.63, 3.8) is 0 Å². The molecular weight excluding hydrogens is 158 g/mol. The van der Waals surface area contributed by atoms with Crippen molar-refractivity contribution in [2.45, 2.75) is 6.04 Å². The Bertz CT molecular complexity index is 241. The van der Waals surface area contributed by atoms with Gasteiger partial charge in [-0.15, -0.1) is 0 Å². The van der Waals surface area contributed by atoms with Gasteiger partial charge in [0.2, 0.25) is 11.8 Å². The summed E-state index contributed by atoms with van der Waals surface area (Å²) in [6.07, 6.45) is 0. The van der Waals surface area contributed by atoms with Crippen LogP contribution in [0, 0.1) is 11.8 Å². The molecule has 2 heterocycles. The summed E-state index contributed by atoms with van der Waals surface area (Å²) in [4.78, 5) is 22.1. The van der Waals surface area contributed by atoms with E-state index in [4.69, 9.17) is 5.73 Å². The van der Waals surface area contributed by atoms with Crippen molar-refractivity contribution in [2.75, 3.05) is 13.1 Å². The predicted octanol–water partition coefficient (Wildman–Crippen LogP) is -2.19. The van der Waals surface area contributed by atoms with Crippen LogP contribution < -0.4 is 16.4 Å². The fourth-order valence-electron chi connectivity index (χ4n) is 1.99. The van der Waals surface area contributed by atoms with E-state index in [1.54, 1.807) is 0 Å². The third-order valence-corrected chi connectivity index (χ3v) is 2.63. The summed E-state index contributed by atoms with van der Waals surface area (Å²) in [6.45, 7) is 1.37. The normalized spacial score (nSPS) is 39.3. The summed E-state index contributed by atoms with van der Waals surface area (Å²) < 4.78 is 0. The van der Waals surface area contributed by atoms with Gasteiger partial charge in [-0.2, -0.15) is 0 Å². The largest absolute Gasteiger partial charge is 0.368 e. The lowest BCUT2D eigenvalue weighted by molar-refractivity contribution is -0.125. The molecule has 0 bridgehead atoms. The van der Waals surface area contributed by atoms with Crippen molar-refractivity contribution in [3.8, 4) is 0 Å². The smallest absolute Gasteiger partial charge is 0.240 e. The monoisotopic (exact) mass is 169 g/mol. The molecule has 2 aliphatic heterocycles. The zero-order valence-corrected chi connectivity index (χ0v) is 6.54. The molecule has 0 aromatic carbocycles. The van der Waals surface area contributed by atoms with Crippen LogP contribution in [0.3, 0.4) is 0 Å². The second kappa shape index (κ2) is 2.45. The standard InChI is InChI=1S/C7H11N3O2/c8-6(11)5-3-1-9-2-4(3)7(12)10-5/h3-5,9H,1-2H2,(H2,8,11)(H,10,12). The highest BCUT2D eigenvalue weighted by atomic mass is 16.2. The molecule has 4 N–H and O–H groups in total. The van der Waals surface area contributed by atoms with Gasteiger partial charge >= 0.3 is 0 Å². The summed E-state index contributed by atoms with van der Waals surface area (Å²) >= 11 is 0. The zero-order valence-electron chi connectivity index (χ0n) is 6.54. The van der Waals surface area contributed by atoms with Crippen molar-refractivity contribution in [2.24, 2.45) is 17.6 Å². The average molecular weight is 169 g/mol. The van der Waals surface area contributed by atoms with E-state index in [9.17, 15) is 9.59 Å². The third kappa shape index (κ3) is 0.896. The number of primary amides is 1. The number of amides is 2. The van der Waals surface area contributed by atoms with Crippen LogP contribution in [0.5, 0.6) is 0 Å². The first-order valence-corrected chi connectivity index (χ1v) is 4.00. The van der Waals surface area contributed by atoms with E-state index in [1.807, 2.05) is 0 Å². The molecule has 2 rings (SSSR count). The first kappa shape index (κ1) is 7.54. The molecule has 0 aromatic rings. The lowest BCUT2D eigenvalue weighted by Crippen LogP contribution is -2.43. The molecule has 0 aromatic heterocycles. The molecule has 3 unspecified atom stereocenters. The molecule has 5 heteroatoms. The van der Waals surface area contributed by atoms with Gasteiger partial charge < -0.3 is 16.4 Å². The Morgan fingerprint density at radius 3 is 2.92 bits per heavy atom. The van der Waals surface area contributed by atoms with E-state index in [2.05, 4.69) is 10.6 Å². The maximum atomic E-state index is 11.2. The van der Waals surface area contributed by atoms with Crippen LogP contribution in [0.4, 0.5) is 0 Å². The molecule has 3 atom stereocenters. The quantitative estimate of drug-likeness (QED) is 0.416. The van der Waals surface area contributed by atoms with Crippen LogP contribution in [0.15, 0.2) is 0 Å². The first-order chi connectivity index (χ1) is 5.70. The van der Waals surface area contributed by atoms with Crippen LogP contribution in [0.25, 0.3) is 0 Å². The number of carbonyl (C=O) groups excluding carboxylic acids is 2. The number of nitrogens with two attached hydrogens (primary N) is 1. The van der Waals surface area contributed by atoms with Gasteiger partial charge in [0.15, 0.2) is 0 Å². The van der Waals surface area contributed by atoms with E-state index in [1.165, 1.54) is 0 Å². The first-order valence-electron chi connectivity index (χ1n) is 4.00. The van der Waals surface area contributed by atoms with Gasteiger partial charge in [0.05, 0.1) is 5.92 Å². The Balaban J connectivity index is 2.20. The number of fused-ring (bicyclic) bond motifs is 1. The highest BCUT2D eigenvalue weighted by molar-refractivity contribution is 5.92. The summed E-state index contributed by atoms with van der Waals surface area (Å²) in [6, 6.07) is -0.461. The summed E-state index contributed by atoms with van der Waals surface area (Å²) in [5.41, 5.74) is 5.13. The molecule has 0 saturated carbocycles. The molecule has 0 aliphatic carbocycles. The van der Waals surface area contributed by atoms with Crippen molar-refractivity contribution in [1.29, 1.82) is 0 Å². The Morgan fingerprint density at radius 2 is 2.25 bits per heavy atom. The molecular formula is C7H11N3O2. The molecule has 12 heavy (non-hydrogen) atoms. The van der Waals surface area contributed by atoms with Crippen LogP contribution in [0.2, 0.25) is 0 Å². The molecule has 0 radical (unpaired) electrons. The van der Waals surface area contributed by atoms with E-state index < -0.39 is 11.9 Å². The van der Waals surface area contributed by atoms with Crippen molar-refractivity contribution in [1.82, 2.24) is 10.6 Å². The lowest BCUT2D eigenvalue weighted by Gasteiger charge is -2.11. The number of hydrogen-bond donors (Lipinski definition) is 3. The predicted molar refractivity (Wildman–Crippen MR) is 41.0 cm³/mol. The van der Waals surface area contributed by atoms with Crippen molar-refractivity contribution < 1.29 is 9.59 Å². The maximum absolute atomic E-state index is 11.2. The average Bonchev–Trinajstić information content (AvgIpc) is 2.53. The van der Waals surface area contributed by atoms with Gasteiger partial charge in [-0.3, -0.25) is 9.59 Å². The highest BCUT2D eigenvalue weighted by Gasteiger charge is 2.47. The molecule has 2 fully saturated rings. The molecule has 66 valence electrons.